The zero-order valence-corrected chi connectivity index (χ0v) is 13.2. The van der Waals surface area contributed by atoms with E-state index in [2.05, 4.69) is 46.2 Å². The van der Waals surface area contributed by atoms with Crippen LogP contribution in [0, 0.1) is 0 Å². The van der Waals surface area contributed by atoms with Crippen molar-refractivity contribution in [1.29, 1.82) is 0 Å². The molecule has 0 radical (unpaired) electrons. The monoisotopic (exact) mass is 444 g/mol. The number of H-pyrrole nitrogens is 3. The van der Waals surface area contributed by atoms with Crippen molar-refractivity contribution < 1.29 is 49.2 Å². The minimum Gasteiger partial charge on any atom is -0.475 e. The Labute approximate surface area is 147 Å². The molecule has 6 N–H and O–H groups in total. The molecule has 0 aromatic carbocycles. The summed E-state index contributed by atoms with van der Waals surface area (Å²) >= 11 is 0. The van der Waals surface area contributed by atoms with Crippen LogP contribution in [0.5, 0.6) is 0 Å². The van der Waals surface area contributed by atoms with E-state index in [-0.39, 0.29) is 37.0 Å². The van der Waals surface area contributed by atoms with Gasteiger partial charge in [-0.05, 0) is 15.6 Å². The smallest absolute Gasteiger partial charge is 0.377 e. The van der Waals surface area contributed by atoms with Gasteiger partial charge in [0.2, 0.25) is 0 Å². The van der Waals surface area contributed by atoms with Crippen molar-refractivity contribution in [3.8, 4) is 0 Å². The Kier molecular flexibility index (Phi) is 9.25. The summed E-state index contributed by atoms with van der Waals surface area (Å²) in [7, 11) is 0. The maximum absolute atomic E-state index is 9.88. The van der Waals surface area contributed by atoms with E-state index in [1.54, 1.807) is 0 Å². The number of rotatable bonds is 3. The van der Waals surface area contributed by atoms with Crippen LogP contribution in [-0.2, 0) is 19.5 Å². The summed E-state index contributed by atoms with van der Waals surface area (Å²) in [6, 6.07) is 0. The SMILES string of the molecule is O=C(O)c1nn[nH]n1.O=C(O)c1nn[nH]n1.O=C(O)c1nn[nH]n1.[Ru]. The summed E-state index contributed by atoms with van der Waals surface area (Å²) in [6.07, 6.45) is 0. The van der Waals surface area contributed by atoms with Crippen molar-refractivity contribution in [1.82, 2.24) is 61.9 Å². The number of nitrogens with zero attached hydrogens (tertiary/aromatic N) is 9. The molecule has 0 amide bonds. The van der Waals surface area contributed by atoms with Crippen LogP contribution >= 0.6 is 0 Å². The second kappa shape index (κ2) is 10.9. The molecule has 0 saturated heterocycles. The molecule has 3 aromatic rings. The number of carboxylic acids is 3. The molecule has 0 unspecified atom stereocenters. The Morgan fingerprint density at radius 1 is 0.600 bits per heavy atom. The second-order valence-corrected chi connectivity index (χ2v) is 3.12. The zero-order chi connectivity index (χ0) is 17.9. The molecular weight excluding hydrogens is 437 g/mol. The Balaban J connectivity index is 0.000000339. The topological polar surface area (TPSA) is 275 Å². The van der Waals surface area contributed by atoms with Crippen LogP contribution in [0.15, 0.2) is 0 Å². The summed E-state index contributed by atoms with van der Waals surface area (Å²) in [5.74, 6) is -4.49. The Hall–Kier alpha value is -3.76. The van der Waals surface area contributed by atoms with Gasteiger partial charge in [-0.25, -0.2) is 14.4 Å². The van der Waals surface area contributed by atoms with Gasteiger partial charge in [0.05, 0.1) is 0 Å². The van der Waals surface area contributed by atoms with E-state index in [0.717, 1.165) is 0 Å². The zero-order valence-electron chi connectivity index (χ0n) is 11.4. The molecule has 0 saturated carbocycles. The Bertz CT molecular complexity index is 651. The third-order valence-electron chi connectivity index (χ3n) is 1.61. The van der Waals surface area contributed by atoms with Gasteiger partial charge in [-0.1, -0.05) is 0 Å². The molecule has 134 valence electrons. The van der Waals surface area contributed by atoms with Crippen LogP contribution in [0.2, 0.25) is 0 Å². The minimum atomic E-state index is -1.18. The molecule has 0 spiro atoms. The van der Waals surface area contributed by atoms with Crippen LogP contribution in [-0.4, -0.2) is 95.1 Å². The van der Waals surface area contributed by atoms with Crippen molar-refractivity contribution in [2.75, 3.05) is 0 Å². The fraction of sp³-hybridized carbons (Fsp3) is 0. The van der Waals surface area contributed by atoms with Crippen molar-refractivity contribution in [2.24, 2.45) is 0 Å². The van der Waals surface area contributed by atoms with Gasteiger partial charge in [0.25, 0.3) is 17.5 Å². The number of aromatic amines is 3. The molecule has 0 atom stereocenters. The van der Waals surface area contributed by atoms with Crippen LogP contribution in [0.3, 0.4) is 0 Å². The fourth-order valence-electron chi connectivity index (χ4n) is 0.757. The molecular formula is C6H6N12O6Ru. The summed E-state index contributed by atoms with van der Waals surface area (Å²) in [6.45, 7) is 0. The number of hydrogen-bond donors (Lipinski definition) is 6. The van der Waals surface area contributed by atoms with E-state index in [1.807, 2.05) is 15.6 Å². The van der Waals surface area contributed by atoms with E-state index in [9.17, 15) is 14.4 Å². The predicted octanol–water partition coefficient (Wildman–Crippen LogP) is -3.31. The molecule has 25 heavy (non-hydrogen) atoms. The van der Waals surface area contributed by atoms with Crippen molar-refractivity contribution in [3.05, 3.63) is 17.5 Å². The molecule has 0 aliphatic rings. The van der Waals surface area contributed by atoms with Crippen LogP contribution in [0.4, 0.5) is 0 Å². The van der Waals surface area contributed by atoms with Gasteiger partial charge in [-0.3, -0.25) is 0 Å². The molecule has 3 rings (SSSR count). The van der Waals surface area contributed by atoms with Gasteiger partial charge in [0, 0.05) is 19.5 Å². The average Bonchev–Trinajstić information content (AvgIpc) is 3.29. The third kappa shape index (κ3) is 7.88. The van der Waals surface area contributed by atoms with Crippen LogP contribution < -0.4 is 0 Å². The first kappa shape index (κ1) is 21.2. The van der Waals surface area contributed by atoms with Crippen molar-refractivity contribution in [2.45, 2.75) is 0 Å². The number of carbonyl (C=O) groups is 3. The fourth-order valence-corrected chi connectivity index (χ4v) is 0.757. The van der Waals surface area contributed by atoms with E-state index in [0.29, 0.717) is 0 Å². The van der Waals surface area contributed by atoms with E-state index in [4.69, 9.17) is 15.3 Å². The first-order chi connectivity index (χ1) is 11.4. The Morgan fingerprint density at radius 2 is 0.840 bits per heavy atom. The van der Waals surface area contributed by atoms with Gasteiger partial charge in [-0.15, -0.1) is 30.6 Å². The molecule has 0 fully saturated rings. The number of carboxylic acid groups (broad SMARTS) is 3. The molecule has 19 heteroatoms. The molecule has 0 bridgehead atoms. The Morgan fingerprint density at radius 3 is 0.920 bits per heavy atom. The third-order valence-corrected chi connectivity index (χ3v) is 1.61. The normalized spacial score (nSPS) is 8.64. The number of hydrogen-bond acceptors (Lipinski definition) is 12. The number of aromatic carboxylic acids is 3. The van der Waals surface area contributed by atoms with E-state index in [1.165, 1.54) is 0 Å². The molecule has 3 heterocycles. The summed E-state index contributed by atoms with van der Waals surface area (Å²) in [5, 5.41) is 58.4. The summed E-state index contributed by atoms with van der Waals surface area (Å²) in [5.41, 5.74) is 0. The van der Waals surface area contributed by atoms with Crippen LogP contribution in [0.25, 0.3) is 0 Å². The van der Waals surface area contributed by atoms with Gasteiger partial charge in [0.15, 0.2) is 0 Å². The van der Waals surface area contributed by atoms with Gasteiger partial charge < -0.3 is 15.3 Å². The van der Waals surface area contributed by atoms with Gasteiger partial charge in [0.1, 0.15) is 0 Å². The molecule has 3 aromatic heterocycles. The van der Waals surface area contributed by atoms with E-state index < -0.39 is 17.9 Å². The summed E-state index contributed by atoms with van der Waals surface area (Å²) in [4.78, 5) is 29.6. The average molecular weight is 443 g/mol. The molecule has 0 aliphatic carbocycles. The first-order valence-corrected chi connectivity index (χ1v) is 5.32. The van der Waals surface area contributed by atoms with E-state index >= 15 is 0 Å². The second-order valence-electron chi connectivity index (χ2n) is 3.12. The predicted molar refractivity (Wildman–Crippen MR) is 63.4 cm³/mol. The van der Waals surface area contributed by atoms with Gasteiger partial charge in [-0.2, -0.15) is 15.6 Å². The maximum Gasteiger partial charge on any atom is 0.377 e. The molecule has 0 aliphatic heterocycles. The summed E-state index contributed by atoms with van der Waals surface area (Å²) < 4.78 is 0. The van der Waals surface area contributed by atoms with Crippen molar-refractivity contribution in [3.63, 3.8) is 0 Å². The standard InChI is InChI=1S/3C2H2N4O2.Ru/c3*7-2(8)1-3-5-6-4-1;/h3*(H,7,8)(H,3,4,5,6);. The van der Waals surface area contributed by atoms with Crippen molar-refractivity contribution >= 4 is 17.9 Å². The number of aromatic nitrogens is 12. The maximum atomic E-state index is 9.88. The largest absolute Gasteiger partial charge is 0.475 e. The van der Waals surface area contributed by atoms with Crippen LogP contribution in [0.1, 0.15) is 31.9 Å². The number of nitrogens with one attached hydrogen (secondary N) is 3. The quantitative estimate of drug-likeness (QED) is 0.216. The molecule has 18 nitrogen and oxygen atoms in total. The first-order valence-electron chi connectivity index (χ1n) is 5.32. The minimum absolute atomic E-state index is 0. The van der Waals surface area contributed by atoms with Gasteiger partial charge >= 0.3 is 17.9 Å². The number of tetrazole rings is 3.